The topological polar surface area (TPSA) is 0 Å². The quantitative estimate of drug-likeness (QED) is 0.600. The molecule has 0 radical (unpaired) electrons. The second kappa shape index (κ2) is 2.26. The van der Waals surface area contributed by atoms with Crippen LogP contribution in [0.15, 0.2) is 10.8 Å². The summed E-state index contributed by atoms with van der Waals surface area (Å²) in [6.45, 7) is 0. The van der Waals surface area contributed by atoms with Gasteiger partial charge in [-0.1, -0.05) is 0 Å². The number of rotatable bonds is 0. The van der Waals surface area contributed by atoms with Crippen LogP contribution in [0.4, 0.5) is 26.3 Å². The van der Waals surface area contributed by atoms with Crippen molar-refractivity contribution in [2.75, 3.05) is 0 Å². The average Bonchev–Trinajstić information content (AvgIpc) is 2.53. The minimum absolute atomic E-state index is 0.554. The van der Waals surface area contributed by atoms with Gasteiger partial charge in [0.1, 0.15) is 0 Å². The molecule has 0 N–H and O–H groups in total. The third-order valence-electron chi connectivity index (χ3n) is 2.13. The predicted molar refractivity (Wildman–Crippen MR) is 37.1 cm³/mol. The smallest absolute Gasteiger partial charge is 0.194 e. The lowest BCUT2D eigenvalue weighted by atomic mass is 10.1. The Labute approximate surface area is 78.2 Å². The first-order chi connectivity index (χ1) is 6.23. The number of alkyl halides is 6. The van der Waals surface area contributed by atoms with Crippen LogP contribution in [0.5, 0.6) is 0 Å². The van der Waals surface area contributed by atoms with Gasteiger partial charge in [-0.2, -0.15) is 37.7 Å². The van der Waals surface area contributed by atoms with Crippen molar-refractivity contribution in [1.82, 2.24) is 0 Å². The Kier molecular flexibility index (Phi) is 1.59. The molecule has 1 heterocycles. The molecule has 1 aromatic rings. The van der Waals surface area contributed by atoms with Crippen molar-refractivity contribution < 1.29 is 26.3 Å². The van der Waals surface area contributed by atoms with E-state index in [-0.39, 0.29) is 0 Å². The molecule has 0 aliphatic heterocycles. The summed E-state index contributed by atoms with van der Waals surface area (Å²) < 4.78 is 76.5. The third-order valence-corrected chi connectivity index (χ3v) is 2.87. The number of halogens is 6. The number of fused-ring (bicyclic) bond motifs is 1. The van der Waals surface area contributed by atoms with E-state index < -0.39 is 28.9 Å². The molecule has 1 aliphatic rings. The third kappa shape index (κ3) is 0.773. The molecule has 0 fully saturated rings. The predicted octanol–water partition coefficient (Wildman–Crippen LogP) is 3.58. The molecule has 14 heavy (non-hydrogen) atoms. The van der Waals surface area contributed by atoms with E-state index in [1.165, 1.54) is 0 Å². The number of hydrogen-bond donors (Lipinski definition) is 0. The molecule has 1 aliphatic carbocycles. The second-order valence-electron chi connectivity index (χ2n) is 2.92. The molecule has 0 atom stereocenters. The van der Waals surface area contributed by atoms with E-state index in [0.717, 1.165) is 0 Å². The van der Waals surface area contributed by atoms with E-state index in [4.69, 9.17) is 0 Å². The standard InChI is InChI=1S/C7H2F6S/c8-5(9)3-1-14-2-4(3)6(10,11)7(5,12)13/h1-2H. The Hall–Kier alpha value is -0.720. The zero-order chi connectivity index (χ0) is 10.8. The first kappa shape index (κ1) is 9.82. The summed E-state index contributed by atoms with van der Waals surface area (Å²) in [5, 5.41) is 1.26. The van der Waals surface area contributed by atoms with Crippen molar-refractivity contribution in [2.24, 2.45) is 0 Å². The fourth-order valence-corrected chi connectivity index (χ4v) is 2.21. The molecule has 7 heteroatoms. The van der Waals surface area contributed by atoms with Crippen molar-refractivity contribution in [3.8, 4) is 0 Å². The summed E-state index contributed by atoms with van der Waals surface area (Å²) in [4.78, 5) is 0. The highest BCUT2D eigenvalue weighted by Gasteiger charge is 2.79. The van der Waals surface area contributed by atoms with Crippen LogP contribution in [0.1, 0.15) is 11.1 Å². The van der Waals surface area contributed by atoms with E-state index in [0.29, 0.717) is 22.1 Å². The monoisotopic (exact) mass is 232 g/mol. The van der Waals surface area contributed by atoms with Gasteiger partial charge in [-0.25, -0.2) is 0 Å². The fraction of sp³-hybridized carbons (Fsp3) is 0.429. The Bertz CT molecular complexity index is 347. The molecule has 0 spiro atoms. The lowest BCUT2D eigenvalue weighted by molar-refractivity contribution is -0.302. The average molecular weight is 232 g/mol. The van der Waals surface area contributed by atoms with Crippen LogP contribution in [0.25, 0.3) is 0 Å². The molecule has 1 aromatic heterocycles. The van der Waals surface area contributed by atoms with Gasteiger partial charge in [-0.3, -0.25) is 0 Å². The summed E-state index contributed by atoms with van der Waals surface area (Å²) in [6.07, 6.45) is 0. The maximum Gasteiger partial charge on any atom is 0.380 e. The van der Waals surface area contributed by atoms with Gasteiger partial charge in [0, 0.05) is 21.9 Å². The van der Waals surface area contributed by atoms with Crippen LogP contribution < -0.4 is 0 Å². The Morgan fingerprint density at radius 1 is 0.786 bits per heavy atom. The Morgan fingerprint density at radius 2 is 1.14 bits per heavy atom. The van der Waals surface area contributed by atoms with Crippen molar-refractivity contribution in [3.63, 3.8) is 0 Å². The van der Waals surface area contributed by atoms with Gasteiger partial charge < -0.3 is 0 Å². The molecule has 0 bridgehead atoms. The Morgan fingerprint density at radius 3 is 1.50 bits per heavy atom. The molecular formula is C7H2F6S. The lowest BCUT2D eigenvalue weighted by Gasteiger charge is -2.23. The minimum Gasteiger partial charge on any atom is -0.194 e. The second-order valence-corrected chi connectivity index (χ2v) is 3.67. The molecule has 0 nitrogen and oxygen atoms in total. The van der Waals surface area contributed by atoms with Crippen molar-refractivity contribution in [1.29, 1.82) is 0 Å². The zero-order valence-corrected chi connectivity index (χ0v) is 7.15. The van der Waals surface area contributed by atoms with Gasteiger partial charge >= 0.3 is 17.8 Å². The highest BCUT2D eigenvalue weighted by molar-refractivity contribution is 7.08. The molecule has 0 saturated heterocycles. The van der Waals surface area contributed by atoms with Gasteiger partial charge in [0.2, 0.25) is 0 Å². The summed E-state index contributed by atoms with van der Waals surface area (Å²) in [5.41, 5.74) is -2.53. The molecular weight excluding hydrogens is 230 g/mol. The minimum atomic E-state index is -5.33. The first-order valence-corrected chi connectivity index (χ1v) is 4.38. The highest BCUT2D eigenvalue weighted by Crippen LogP contribution is 2.63. The largest absolute Gasteiger partial charge is 0.380 e. The number of hydrogen-bond acceptors (Lipinski definition) is 1. The van der Waals surface area contributed by atoms with Crippen molar-refractivity contribution >= 4 is 11.3 Å². The molecule has 0 aromatic carbocycles. The summed E-state index contributed by atoms with van der Waals surface area (Å²) >= 11 is 0.554. The molecule has 2 rings (SSSR count). The van der Waals surface area contributed by atoms with Crippen molar-refractivity contribution in [2.45, 2.75) is 17.8 Å². The van der Waals surface area contributed by atoms with Crippen LogP contribution in [-0.4, -0.2) is 5.92 Å². The highest BCUT2D eigenvalue weighted by atomic mass is 32.1. The van der Waals surface area contributed by atoms with Crippen LogP contribution in [-0.2, 0) is 11.8 Å². The van der Waals surface area contributed by atoms with Crippen LogP contribution in [0.2, 0.25) is 0 Å². The van der Waals surface area contributed by atoms with E-state index in [1.54, 1.807) is 0 Å². The van der Waals surface area contributed by atoms with E-state index in [9.17, 15) is 26.3 Å². The van der Waals surface area contributed by atoms with Gasteiger partial charge in [0.05, 0.1) is 0 Å². The van der Waals surface area contributed by atoms with E-state index >= 15 is 0 Å². The molecule has 78 valence electrons. The molecule has 0 saturated carbocycles. The summed E-state index contributed by atoms with van der Waals surface area (Å²) in [6, 6.07) is 0. The SMILES string of the molecule is FC1(F)c2cscc2C(F)(F)C1(F)F. The maximum atomic E-state index is 12.8. The molecule has 0 amide bonds. The van der Waals surface area contributed by atoms with Crippen molar-refractivity contribution in [3.05, 3.63) is 21.9 Å². The van der Waals surface area contributed by atoms with Gasteiger partial charge in [-0.05, 0) is 0 Å². The normalized spacial score (nSPS) is 26.1. The van der Waals surface area contributed by atoms with Gasteiger partial charge in [0.15, 0.2) is 0 Å². The Balaban J connectivity index is 2.73. The van der Waals surface area contributed by atoms with E-state index in [2.05, 4.69) is 0 Å². The van der Waals surface area contributed by atoms with Gasteiger partial charge in [-0.15, -0.1) is 0 Å². The van der Waals surface area contributed by atoms with Crippen LogP contribution in [0.3, 0.4) is 0 Å². The fourth-order valence-electron chi connectivity index (χ4n) is 1.32. The summed E-state index contributed by atoms with van der Waals surface area (Å²) in [5.74, 6) is -14.9. The molecule has 0 unspecified atom stereocenters. The lowest BCUT2D eigenvalue weighted by Crippen LogP contribution is -2.43. The van der Waals surface area contributed by atoms with E-state index in [1.807, 2.05) is 0 Å². The van der Waals surface area contributed by atoms with Crippen LogP contribution in [0, 0.1) is 0 Å². The van der Waals surface area contributed by atoms with Gasteiger partial charge in [0.25, 0.3) is 0 Å². The first-order valence-electron chi connectivity index (χ1n) is 3.43. The van der Waals surface area contributed by atoms with Crippen LogP contribution >= 0.6 is 11.3 Å². The zero-order valence-electron chi connectivity index (χ0n) is 6.33. The number of thiophene rings is 1. The maximum absolute atomic E-state index is 12.8. The summed E-state index contributed by atoms with van der Waals surface area (Å²) in [7, 11) is 0.